The summed E-state index contributed by atoms with van der Waals surface area (Å²) in [5, 5.41) is 0. The minimum absolute atomic E-state index is 0.990. The minimum Gasteiger partial charge on any atom is -0.0609 e. The first-order chi connectivity index (χ1) is 5.34. The van der Waals surface area contributed by atoms with Crippen LogP contribution in [0.1, 0.15) is 18.4 Å². The van der Waals surface area contributed by atoms with E-state index in [0.29, 0.717) is 0 Å². The SMILES string of the molecule is Brc1cccc(CC2CC2)c1. The molecule has 1 aromatic carbocycles. The molecule has 2 rings (SSSR count). The Bertz CT molecular complexity index is 251. The van der Waals surface area contributed by atoms with Crippen molar-refractivity contribution in [1.29, 1.82) is 0 Å². The van der Waals surface area contributed by atoms with Crippen LogP contribution in [-0.4, -0.2) is 0 Å². The molecule has 1 aromatic rings. The molecule has 0 saturated heterocycles. The maximum Gasteiger partial charge on any atom is 0.0177 e. The second kappa shape index (κ2) is 2.98. The van der Waals surface area contributed by atoms with Crippen LogP contribution in [-0.2, 0) is 6.42 Å². The van der Waals surface area contributed by atoms with Gasteiger partial charge in [-0.25, -0.2) is 0 Å². The maximum atomic E-state index is 3.47. The van der Waals surface area contributed by atoms with Crippen molar-refractivity contribution in [3.8, 4) is 0 Å². The fourth-order valence-electron chi connectivity index (χ4n) is 1.32. The van der Waals surface area contributed by atoms with Gasteiger partial charge in [-0.05, 0) is 42.9 Å². The molecule has 1 fully saturated rings. The minimum atomic E-state index is 0.990. The quantitative estimate of drug-likeness (QED) is 0.703. The molecular weight excluding hydrogens is 200 g/mol. The standard InChI is InChI=1S/C10H11Br/c11-10-3-1-2-9(7-10)6-8-4-5-8/h1-3,7-8H,4-6H2. The lowest BCUT2D eigenvalue weighted by Gasteiger charge is -1.98. The fourth-order valence-corrected chi connectivity index (χ4v) is 1.77. The molecule has 1 heteroatoms. The monoisotopic (exact) mass is 210 g/mol. The van der Waals surface area contributed by atoms with E-state index in [9.17, 15) is 0 Å². The third-order valence-electron chi connectivity index (χ3n) is 2.11. The highest BCUT2D eigenvalue weighted by Crippen LogP contribution is 2.32. The van der Waals surface area contributed by atoms with E-state index >= 15 is 0 Å². The van der Waals surface area contributed by atoms with Crippen LogP contribution >= 0.6 is 15.9 Å². The summed E-state index contributed by atoms with van der Waals surface area (Å²) in [6, 6.07) is 8.62. The fraction of sp³-hybridized carbons (Fsp3) is 0.400. The normalized spacial score (nSPS) is 16.8. The average Bonchev–Trinajstić information content (AvgIpc) is 2.71. The first-order valence-corrected chi connectivity index (χ1v) is 4.88. The van der Waals surface area contributed by atoms with Crippen LogP contribution in [0.15, 0.2) is 28.7 Å². The van der Waals surface area contributed by atoms with Gasteiger partial charge in [-0.15, -0.1) is 0 Å². The molecule has 58 valence electrons. The zero-order valence-electron chi connectivity index (χ0n) is 6.39. The van der Waals surface area contributed by atoms with Gasteiger partial charge in [0.1, 0.15) is 0 Å². The molecule has 11 heavy (non-hydrogen) atoms. The molecule has 0 N–H and O–H groups in total. The van der Waals surface area contributed by atoms with Gasteiger partial charge in [-0.2, -0.15) is 0 Å². The Labute approximate surface area is 75.8 Å². The van der Waals surface area contributed by atoms with Crippen LogP contribution < -0.4 is 0 Å². The summed E-state index contributed by atoms with van der Waals surface area (Å²) in [6.07, 6.45) is 4.15. The molecule has 0 aliphatic heterocycles. The molecule has 0 nitrogen and oxygen atoms in total. The Balaban J connectivity index is 2.10. The zero-order valence-corrected chi connectivity index (χ0v) is 7.97. The molecule has 0 heterocycles. The van der Waals surface area contributed by atoms with Crippen LogP contribution in [0.3, 0.4) is 0 Å². The lowest BCUT2D eigenvalue weighted by atomic mass is 10.1. The van der Waals surface area contributed by atoms with Crippen molar-refractivity contribution < 1.29 is 0 Å². The lowest BCUT2D eigenvalue weighted by Crippen LogP contribution is -1.85. The van der Waals surface area contributed by atoms with Gasteiger partial charge in [0, 0.05) is 4.47 Å². The molecule has 0 aromatic heterocycles. The highest BCUT2D eigenvalue weighted by molar-refractivity contribution is 9.10. The van der Waals surface area contributed by atoms with Crippen molar-refractivity contribution in [3.05, 3.63) is 34.3 Å². The molecule has 0 radical (unpaired) electrons. The molecule has 0 bridgehead atoms. The average molecular weight is 211 g/mol. The molecule has 0 amide bonds. The van der Waals surface area contributed by atoms with E-state index in [1.54, 1.807) is 0 Å². The maximum absolute atomic E-state index is 3.47. The van der Waals surface area contributed by atoms with Gasteiger partial charge in [0.05, 0.1) is 0 Å². The Kier molecular flexibility index (Phi) is 1.99. The number of hydrogen-bond donors (Lipinski definition) is 0. The first-order valence-electron chi connectivity index (χ1n) is 4.09. The van der Waals surface area contributed by atoms with Gasteiger partial charge in [-0.3, -0.25) is 0 Å². The van der Waals surface area contributed by atoms with Crippen molar-refractivity contribution in [2.45, 2.75) is 19.3 Å². The van der Waals surface area contributed by atoms with Gasteiger partial charge in [0.2, 0.25) is 0 Å². The lowest BCUT2D eigenvalue weighted by molar-refractivity contribution is 0.832. The predicted molar refractivity (Wildman–Crippen MR) is 50.6 cm³/mol. The van der Waals surface area contributed by atoms with Crippen LogP contribution in [0.4, 0.5) is 0 Å². The van der Waals surface area contributed by atoms with Crippen molar-refractivity contribution >= 4 is 15.9 Å². The van der Waals surface area contributed by atoms with Crippen molar-refractivity contribution in [1.82, 2.24) is 0 Å². The van der Waals surface area contributed by atoms with E-state index in [0.717, 1.165) is 5.92 Å². The first kappa shape index (κ1) is 7.35. The van der Waals surface area contributed by atoms with Crippen LogP contribution in [0.2, 0.25) is 0 Å². The van der Waals surface area contributed by atoms with Gasteiger partial charge < -0.3 is 0 Å². The highest BCUT2D eigenvalue weighted by atomic mass is 79.9. The molecule has 0 unspecified atom stereocenters. The Morgan fingerprint density at radius 3 is 2.82 bits per heavy atom. The van der Waals surface area contributed by atoms with E-state index in [1.807, 2.05) is 0 Å². The van der Waals surface area contributed by atoms with E-state index in [-0.39, 0.29) is 0 Å². The summed E-state index contributed by atoms with van der Waals surface area (Å²) < 4.78 is 1.20. The number of benzene rings is 1. The van der Waals surface area contributed by atoms with E-state index in [2.05, 4.69) is 40.2 Å². The summed E-state index contributed by atoms with van der Waals surface area (Å²) in [5.74, 6) is 0.990. The van der Waals surface area contributed by atoms with E-state index < -0.39 is 0 Å². The number of rotatable bonds is 2. The van der Waals surface area contributed by atoms with E-state index in [4.69, 9.17) is 0 Å². The summed E-state index contributed by atoms with van der Waals surface area (Å²) in [5.41, 5.74) is 1.47. The van der Waals surface area contributed by atoms with Crippen molar-refractivity contribution in [3.63, 3.8) is 0 Å². The Morgan fingerprint density at radius 2 is 2.18 bits per heavy atom. The molecule has 1 aliphatic rings. The van der Waals surface area contributed by atoms with Crippen molar-refractivity contribution in [2.24, 2.45) is 5.92 Å². The van der Waals surface area contributed by atoms with Gasteiger partial charge >= 0.3 is 0 Å². The van der Waals surface area contributed by atoms with Crippen LogP contribution in [0, 0.1) is 5.92 Å². The number of halogens is 1. The molecule has 0 atom stereocenters. The Hall–Kier alpha value is -0.300. The molecule has 1 saturated carbocycles. The van der Waals surface area contributed by atoms with E-state index in [1.165, 1.54) is 29.3 Å². The topological polar surface area (TPSA) is 0 Å². The summed E-state index contributed by atoms with van der Waals surface area (Å²) >= 11 is 3.47. The molecule has 1 aliphatic carbocycles. The molecular formula is C10H11Br. The number of hydrogen-bond acceptors (Lipinski definition) is 0. The summed E-state index contributed by atoms with van der Waals surface area (Å²) in [7, 11) is 0. The largest absolute Gasteiger partial charge is 0.0609 e. The second-order valence-electron chi connectivity index (χ2n) is 3.28. The van der Waals surface area contributed by atoms with Gasteiger partial charge in [-0.1, -0.05) is 28.1 Å². The molecule has 0 spiro atoms. The van der Waals surface area contributed by atoms with Crippen molar-refractivity contribution in [2.75, 3.05) is 0 Å². The third kappa shape index (κ3) is 2.06. The summed E-state index contributed by atoms with van der Waals surface area (Å²) in [6.45, 7) is 0. The smallest absolute Gasteiger partial charge is 0.0177 e. The van der Waals surface area contributed by atoms with Crippen LogP contribution in [0.5, 0.6) is 0 Å². The second-order valence-corrected chi connectivity index (χ2v) is 4.19. The highest BCUT2D eigenvalue weighted by Gasteiger charge is 2.21. The predicted octanol–water partition coefficient (Wildman–Crippen LogP) is 3.40. The van der Waals surface area contributed by atoms with Crippen LogP contribution in [0.25, 0.3) is 0 Å². The van der Waals surface area contributed by atoms with Gasteiger partial charge in [0.15, 0.2) is 0 Å². The Morgan fingerprint density at radius 1 is 1.36 bits per heavy atom. The zero-order chi connectivity index (χ0) is 7.68. The third-order valence-corrected chi connectivity index (χ3v) is 2.60. The summed E-state index contributed by atoms with van der Waals surface area (Å²) in [4.78, 5) is 0. The van der Waals surface area contributed by atoms with Gasteiger partial charge in [0.25, 0.3) is 0 Å².